The monoisotopic (exact) mass is 695 g/mol. The molecule has 248 valence electrons. The summed E-state index contributed by atoms with van der Waals surface area (Å²) in [4.78, 5) is 12.0. The van der Waals surface area contributed by atoms with Crippen molar-refractivity contribution in [3.63, 3.8) is 0 Å². The van der Waals surface area contributed by atoms with E-state index in [0.717, 1.165) is 31.2 Å². The van der Waals surface area contributed by atoms with Crippen LogP contribution < -0.4 is 4.74 Å². The number of carbonyl (C=O) groups excluding carboxylic acids is 1. The van der Waals surface area contributed by atoms with Crippen LogP contribution in [-0.4, -0.2) is 23.7 Å². The lowest BCUT2D eigenvalue weighted by molar-refractivity contribution is -0.142. The van der Waals surface area contributed by atoms with E-state index in [0.29, 0.717) is 32.6 Å². The van der Waals surface area contributed by atoms with Crippen LogP contribution in [0.1, 0.15) is 23.1 Å². The molecule has 12 heteroatoms. The molecular formula is C38H22F5N3O3S. The molecule has 6 nitrogen and oxygen atoms in total. The molecule has 1 heterocycles. The molecular weight excluding hydrogens is 673 g/mol. The highest BCUT2D eigenvalue weighted by Crippen LogP contribution is 2.47. The summed E-state index contributed by atoms with van der Waals surface area (Å²) in [7, 11) is 1.14. The summed E-state index contributed by atoms with van der Waals surface area (Å²) in [5.74, 6) is -3.55. The van der Waals surface area contributed by atoms with Gasteiger partial charge in [0.05, 0.1) is 47.1 Å². The zero-order valence-corrected chi connectivity index (χ0v) is 26.7. The number of nitrogens with zero attached hydrogens (tertiary/aromatic N) is 3. The number of alkyl halides is 2. The maximum absolute atomic E-state index is 15.5. The van der Waals surface area contributed by atoms with Crippen molar-refractivity contribution in [1.29, 1.82) is 10.5 Å². The van der Waals surface area contributed by atoms with Crippen LogP contribution in [0.15, 0.2) is 102 Å². The van der Waals surface area contributed by atoms with Crippen LogP contribution in [0.4, 0.5) is 22.0 Å². The maximum atomic E-state index is 15.5. The van der Waals surface area contributed by atoms with Crippen LogP contribution in [-0.2, 0) is 9.53 Å². The zero-order valence-electron chi connectivity index (χ0n) is 25.9. The molecule has 0 fully saturated rings. The third kappa shape index (κ3) is 6.49. The maximum Gasteiger partial charge on any atom is 0.343 e. The summed E-state index contributed by atoms with van der Waals surface area (Å²) in [6.07, 6.45) is -2.68. The second kappa shape index (κ2) is 14.2. The molecule has 1 aromatic heterocycles. The highest BCUT2D eigenvalue weighted by molar-refractivity contribution is 7.98. The molecule has 0 radical (unpaired) electrons. The fourth-order valence-corrected chi connectivity index (χ4v) is 6.58. The fourth-order valence-electron chi connectivity index (χ4n) is 5.56. The SMILES string of the molecule is COC(=O)COc1cc(F)c(-c2cccc(-c3c(-c4c(C#N)cccc4C#N)c4cc(F)ccc4n3Sc3ccc(C(F)F)cc3)c2)c(F)c1. The standard InChI is InChI=1S/C38H22F5N3O3S/c1-48-33(47)20-49-27-16-30(40)35(31(41)17-27)22-4-2-5-23(14-22)37-36(34-24(18-44)6-3-7-25(34)19-45)29-15-26(39)10-13-32(29)46(37)50-28-11-8-21(9-12-28)38(42)43/h2-17,38H,20H2,1H3. The van der Waals surface area contributed by atoms with Gasteiger partial charge in [0.15, 0.2) is 6.61 Å². The van der Waals surface area contributed by atoms with Gasteiger partial charge in [-0.05, 0) is 66.0 Å². The van der Waals surface area contributed by atoms with E-state index in [1.165, 1.54) is 66.7 Å². The number of ether oxygens (including phenoxy) is 2. The number of esters is 1. The largest absolute Gasteiger partial charge is 0.482 e. The van der Waals surface area contributed by atoms with E-state index in [1.807, 2.05) is 0 Å². The van der Waals surface area contributed by atoms with Crippen molar-refractivity contribution in [3.05, 3.63) is 131 Å². The van der Waals surface area contributed by atoms with Crippen molar-refractivity contribution < 1.29 is 36.2 Å². The molecule has 0 saturated heterocycles. The van der Waals surface area contributed by atoms with Crippen molar-refractivity contribution in [2.75, 3.05) is 13.7 Å². The predicted molar refractivity (Wildman–Crippen MR) is 178 cm³/mol. The van der Waals surface area contributed by atoms with Gasteiger partial charge in [-0.15, -0.1) is 0 Å². The normalized spacial score (nSPS) is 11.0. The Bertz CT molecular complexity index is 2310. The Kier molecular flexibility index (Phi) is 9.57. The van der Waals surface area contributed by atoms with Crippen molar-refractivity contribution in [2.45, 2.75) is 11.3 Å². The third-order valence-corrected chi connectivity index (χ3v) is 8.84. The topological polar surface area (TPSA) is 88.0 Å². The van der Waals surface area contributed by atoms with Crippen LogP contribution in [0.3, 0.4) is 0 Å². The number of rotatable bonds is 9. The van der Waals surface area contributed by atoms with E-state index in [4.69, 9.17) is 4.74 Å². The lowest BCUT2D eigenvalue weighted by atomic mass is 9.90. The van der Waals surface area contributed by atoms with Crippen LogP contribution in [0.5, 0.6) is 5.75 Å². The van der Waals surface area contributed by atoms with Gasteiger partial charge in [0.2, 0.25) is 0 Å². The summed E-state index contributed by atoms with van der Waals surface area (Å²) < 4.78 is 84.1. The lowest BCUT2D eigenvalue weighted by Crippen LogP contribution is -2.12. The molecule has 6 rings (SSSR count). The number of benzene rings is 5. The van der Waals surface area contributed by atoms with Crippen molar-refractivity contribution in [1.82, 2.24) is 3.97 Å². The smallest absolute Gasteiger partial charge is 0.343 e. The molecule has 0 saturated carbocycles. The first-order chi connectivity index (χ1) is 24.1. The van der Waals surface area contributed by atoms with E-state index < -0.39 is 42.0 Å². The van der Waals surface area contributed by atoms with Gasteiger partial charge in [-0.3, -0.25) is 3.97 Å². The number of nitriles is 2. The Balaban J connectivity index is 1.62. The predicted octanol–water partition coefficient (Wildman–Crippen LogP) is 9.85. The number of hydrogen-bond donors (Lipinski definition) is 0. The summed E-state index contributed by atoms with van der Waals surface area (Å²) in [5, 5.41) is 20.6. The molecule has 0 atom stereocenters. The second-order valence-corrected chi connectivity index (χ2v) is 11.8. The number of halogens is 5. The third-order valence-electron chi connectivity index (χ3n) is 7.80. The minimum absolute atomic E-state index is 0.103. The average Bonchev–Trinajstić information content (AvgIpc) is 3.42. The van der Waals surface area contributed by atoms with E-state index in [2.05, 4.69) is 16.9 Å². The molecule has 0 aliphatic heterocycles. The van der Waals surface area contributed by atoms with Gasteiger partial charge in [0, 0.05) is 44.7 Å². The number of aromatic nitrogens is 1. The fraction of sp³-hybridized carbons (Fsp3) is 0.0789. The van der Waals surface area contributed by atoms with Gasteiger partial charge in [0.1, 0.15) is 23.2 Å². The number of hydrogen-bond acceptors (Lipinski definition) is 6. The second-order valence-electron chi connectivity index (χ2n) is 10.8. The number of fused-ring (bicyclic) bond motifs is 1. The van der Waals surface area contributed by atoms with Gasteiger partial charge in [-0.2, -0.15) is 10.5 Å². The Morgan fingerprint density at radius 3 is 2.06 bits per heavy atom. The molecule has 0 aliphatic rings. The first-order valence-electron chi connectivity index (χ1n) is 14.8. The molecule has 50 heavy (non-hydrogen) atoms. The summed E-state index contributed by atoms with van der Waals surface area (Å²) >= 11 is 1.11. The Labute approximate surface area is 286 Å². The highest BCUT2D eigenvalue weighted by Gasteiger charge is 2.26. The van der Waals surface area contributed by atoms with Crippen LogP contribution in [0.2, 0.25) is 0 Å². The van der Waals surface area contributed by atoms with Crippen molar-refractivity contribution in [3.8, 4) is 51.4 Å². The molecule has 0 bridgehead atoms. The number of methoxy groups -OCH3 is 1. The Hall–Kier alpha value is -6.11. The van der Waals surface area contributed by atoms with E-state index in [9.17, 15) is 28.5 Å². The minimum atomic E-state index is -2.68. The number of carbonyl (C=O) groups is 1. The van der Waals surface area contributed by atoms with Gasteiger partial charge in [0.25, 0.3) is 6.43 Å². The van der Waals surface area contributed by atoms with Crippen molar-refractivity contribution in [2.24, 2.45) is 0 Å². The van der Waals surface area contributed by atoms with Gasteiger partial charge in [-0.25, -0.2) is 26.7 Å². The van der Waals surface area contributed by atoms with Gasteiger partial charge >= 0.3 is 5.97 Å². The van der Waals surface area contributed by atoms with Crippen LogP contribution >= 0.6 is 11.9 Å². The van der Waals surface area contributed by atoms with Gasteiger partial charge < -0.3 is 9.47 Å². The molecule has 0 spiro atoms. The Morgan fingerprint density at radius 2 is 1.44 bits per heavy atom. The quantitative estimate of drug-likeness (QED) is 0.111. The van der Waals surface area contributed by atoms with Crippen LogP contribution in [0.25, 0.3) is 44.4 Å². The molecule has 0 unspecified atom stereocenters. The summed E-state index contributed by atoms with van der Waals surface area (Å²) in [6.45, 7) is -0.560. The van der Waals surface area contributed by atoms with Gasteiger partial charge in [-0.1, -0.05) is 36.4 Å². The van der Waals surface area contributed by atoms with Crippen LogP contribution in [0, 0.1) is 40.1 Å². The molecule has 5 aromatic carbocycles. The Morgan fingerprint density at radius 1 is 0.800 bits per heavy atom. The zero-order chi connectivity index (χ0) is 35.5. The lowest BCUT2D eigenvalue weighted by Gasteiger charge is -2.15. The first kappa shape index (κ1) is 33.8. The van der Waals surface area contributed by atoms with Crippen molar-refractivity contribution >= 4 is 28.8 Å². The average molecular weight is 696 g/mol. The van der Waals surface area contributed by atoms with E-state index in [-0.39, 0.29) is 33.6 Å². The first-order valence-corrected chi connectivity index (χ1v) is 15.5. The molecule has 0 aliphatic carbocycles. The summed E-state index contributed by atoms with van der Waals surface area (Å²) in [6, 6.07) is 26.4. The minimum Gasteiger partial charge on any atom is -0.482 e. The summed E-state index contributed by atoms with van der Waals surface area (Å²) in [5.41, 5.74) is 1.43. The highest BCUT2D eigenvalue weighted by atomic mass is 32.2. The van der Waals surface area contributed by atoms with E-state index >= 15 is 8.78 Å². The molecule has 6 aromatic rings. The molecule has 0 N–H and O–H groups in total. The van der Waals surface area contributed by atoms with E-state index in [1.54, 1.807) is 22.2 Å². The molecule has 0 amide bonds.